The molecule has 1 fully saturated rings. The molecule has 0 amide bonds. The molecule has 0 aromatic carbocycles. The summed E-state index contributed by atoms with van der Waals surface area (Å²) in [5.41, 5.74) is -1.03. The normalized spacial score (nSPS) is 51.4. The van der Waals surface area contributed by atoms with Crippen LogP contribution in [-0.2, 0) is 9.47 Å². The first-order chi connectivity index (χ1) is 5.65. The predicted octanol–water partition coefficient (Wildman–Crippen LogP) is -0.590. The molecule has 1 saturated heterocycles. The Morgan fingerprint density at radius 1 is 1.67 bits per heavy atom. The molecule has 2 aliphatic rings. The van der Waals surface area contributed by atoms with Crippen LogP contribution in [0.5, 0.6) is 0 Å². The maximum atomic E-state index is 9.85. The summed E-state index contributed by atoms with van der Waals surface area (Å²) in [6.07, 6.45) is 1.86. The minimum absolute atomic E-state index is 0.391. The summed E-state index contributed by atoms with van der Waals surface area (Å²) in [6.45, 7) is 0. The quantitative estimate of drug-likeness (QED) is 0.519. The van der Waals surface area contributed by atoms with E-state index in [1.807, 2.05) is 0 Å². The lowest BCUT2D eigenvalue weighted by atomic mass is 9.99. The third-order valence-corrected chi connectivity index (χ3v) is 2.44. The molecule has 12 heavy (non-hydrogen) atoms. The Kier molecular flexibility index (Phi) is 1.73. The second-order valence-electron chi connectivity index (χ2n) is 3.27. The van der Waals surface area contributed by atoms with Crippen molar-refractivity contribution in [2.45, 2.75) is 30.5 Å². The number of hydrogen-bond donors (Lipinski definition) is 2. The molecular weight excluding hydrogens is 160 g/mol. The molecule has 0 saturated carbocycles. The second kappa shape index (κ2) is 2.53. The van der Waals surface area contributed by atoms with Crippen LogP contribution in [-0.4, -0.2) is 41.4 Å². The standard InChI is InChI=1S/C8H12O4/c1-11-6-4-8(10)3-2-5(9)7(8)12-6/h2-3,5-7,9-10H,4H2,1H3/t5-,6-,7?,8-/m0/s1. The predicted molar refractivity (Wildman–Crippen MR) is 40.4 cm³/mol. The molecule has 2 N–H and O–H groups in total. The van der Waals surface area contributed by atoms with Crippen LogP contribution >= 0.6 is 0 Å². The van der Waals surface area contributed by atoms with Gasteiger partial charge in [-0.3, -0.25) is 0 Å². The van der Waals surface area contributed by atoms with E-state index in [9.17, 15) is 10.2 Å². The molecular formula is C8H12O4. The lowest BCUT2D eigenvalue weighted by molar-refractivity contribution is -0.139. The summed E-state index contributed by atoms with van der Waals surface area (Å²) in [7, 11) is 1.52. The largest absolute Gasteiger partial charge is 0.386 e. The molecule has 4 atom stereocenters. The van der Waals surface area contributed by atoms with Crippen LogP contribution in [0.25, 0.3) is 0 Å². The van der Waals surface area contributed by atoms with Crippen molar-refractivity contribution in [2.75, 3.05) is 7.11 Å². The fourth-order valence-electron chi connectivity index (χ4n) is 1.76. The van der Waals surface area contributed by atoms with E-state index < -0.39 is 24.1 Å². The fourth-order valence-corrected chi connectivity index (χ4v) is 1.76. The molecule has 0 aromatic heterocycles. The van der Waals surface area contributed by atoms with Crippen LogP contribution in [0.15, 0.2) is 12.2 Å². The van der Waals surface area contributed by atoms with Gasteiger partial charge in [-0.1, -0.05) is 12.2 Å². The number of methoxy groups -OCH3 is 1. The molecule has 68 valence electrons. The van der Waals surface area contributed by atoms with Crippen molar-refractivity contribution in [1.82, 2.24) is 0 Å². The van der Waals surface area contributed by atoms with Gasteiger partial charge in [0.2, 0.25) is 0 Å². The van der Waals surface area contributed by atoms with Gasteiger partial charge in [0.05, 0.1) is 0 Å². The van der Waals surface area contributed by atoms with Crippen molar-refractivity contribution in [3.8, 4) is 0 Å². The molecule has 0 spiro atoms. The lowest BCUT2D eigenvalue weighted by Crippen LogP contribution is -2.38. The number of fused-ring (bicyclic) bond motifs is 1. The average molecular weight is 172 g/mol. The van der Waals surface area contributed by atoms with E-state index in [0.717, 1.165) is 0 Å². The van der Waals surface area contributed by atoms with Gasteiger partial charge in [0.15, 0.2) is 6.29 Å². The van der Waals surface area contributed by atoms with Crippen LogP contribution < -0.4 is 0 Å². The van der Waals surface area contributed by atoms with Gasteiger partial charge < -0.3 is 19.7 Å². The van der Waals surface area contributed by atoms with Crippen molar-refractivity contribution in [2.24, 2.45) is 0 Å². The van der Waals surface area contributed by atoms with Gasteiger partial charge in [0.1, 0.15) is 17.8 Å². The van der Waals surface area contributed by atoms with Crippen molar-refractivity contribution < 1.29 is 19.7 Å². The Hall–Kier alpha value is -0.420. The first kappa shape index (κ1) is 8.19. The summed E-state index contributed by atoms with van der Waals surface area (Å²) >= 11 is 0. The smallest absolute Gasteiger partial charge is 0.161 e. The van der Waals surface area contributed by atoms with Gasteiger partial charge in [-0.2, -0.15) is 0 Å². The van der Waals surface area contributed by atoms with E-state index in [0.29, 0.717) is 6.42 Å². The molecule has 4 heteroatoms. The molecule has 1 aliphatic heterocycles. The first-order valence-corrected chi connectivity index (χ1v) is 3.94. The van der Waals surface area contributed by atoms with Crippen LogP contribution in [0.1, 0.15) is 6.42 Å². The topological polar surface area (TPSA) is 58.9 Å². The molecule has 4 nitrogen and oxygen atoms in total. The summed E-state index contributed by atoms with van der Waals surface area (Å²) < 4.78 is 10.2. The second-order valence-corrected chi connectivity index (χ2v) is 3.27. The third-order valence-electron chi connectivity index (χ3n) is 2.44. The van der Waals surface area contributed by atoms with Gasteiger partial charge in [-0.05, 0) is 0 Å². The van der Waals surface area contributed by atoms with Crippen LogP contribution in [0, 0.1) is 0 Å². The monoisotopic (exact) mass is 172 g/mol. The average Bonchev–Trinajstić information content (AvgIpc) is 2.50. The maximum absolute atomic E-state index is 9.85. The lowest BCUT2D eigenvalue weighted by Gasteiger charge is -2.20. The number of rotatable bonds is 1. The van der Waals surface area contributed by atoms with Crippen molar-refractivity contribution >= 4 is 0 Å². The van der Waals surface area contributed by atoms with Gasteiger partial charge in [0.25, 0.3) is 0 Å². The van der Waals surface area contributed by atoms with E-state index in [-0.39, 0.29) is 0 Å². The van der Waals surface area contributed by atoms with Crippen molar-refractivity contribution in [3.05, 3.63) is 12.2 Å². The van der Waals surface area contributed by atoms with Gasteiger partial charge in [-0.25, -0.2) is 0 Å². The Balaban J connectivity index is 2.16. The molecule has 1 unspecified atom stereocenters. The van der Waals surface area contributed by atoms with Crippen LogP contribution in [0.4, 0.5) is 0 Å². The Bertz CT molecular complexity index is 215. The summed E-state index contributed by atoms with van der Waals surface area (Å²) in [6, 6.07) is 0. The molecule has 0 bridgehead atoms. The highest BCUT2D eigenvalue weighted by Crippen LogP contribution is 2.38. The number of aliphatic hydroxyl groups excluding tert-OH is 1. The third kappa shape index (κ3) is 0.998. The zero-order valence-corrected chi connectivity index (χ0v) is 6.80. The van der Waals surface area contributed by atoms with E-state index >= 15 is 0 Å². The molecule has 0 aromatic rings. The maximum Gasteiger partial charge on any atom is 0.161 e. The zero-order valence-electron chi connectivity index (χ0n) is 6.80. The van der Waals surface area contributed by atoms with Crippen LogP contribution in [0.3, 0.4) is 0 Å². The Labute approximate surface area is 70.4 Å². The van der Waals surface area contributed by atoms with Gasteiger partial charge >= 0.3 is 0 Å². The highest BCUT2D eigenvalue weighted by Gasteiger charge is 2.51. The minimum atomic E-state index is -1.03. The first-order valence-electron chi connectivity index (χ1n) is 3.94. The molecule has 0 radical (unpaired) electrons. The SMILES string of the molecule is CO[C@@H]1C[C@@]2(O)C=C[C@H](O)C2O1. The minimum Gasteiger partial charge on any atom is -0.386 e. The van der Waals surface area contributed by atoms with Gasteiger partial charge in [-0.15, -0.1) is 0 Å². The van der Waals surface area contributed by atoms with Crippen molar-refractivity contribution in [1.29, 1.82) is 0 Å². The Morgan fingerprint density at radius 3 is 3.00 bits per heavy atom. The van der Waals surface area contributed by atoms with Gasteiger partial charge in [0, 0.05) is 13.5 Å². The molecule has 1 aliphatic carbocycles. The fraction of sp³-hybridized carbons (Fsp3) is 0.750. The highest BCUT2D eigenvalue weighted by molar-refractivity contribution is 5.21. The van der Waals surface area contributed by atoms with E-state index in [4.69, 9.17) is 9.47 Å². The van der Waals surface area contributed by atoms with Crippen molar-refractivity contribution in [3.63, 3.8) is 0 Å². The zero-order chi connectivity index (χ0) is 8.77. The number of aliphatic hydroxyl groups is 2. The highest BCUT2D eigenvalue weighted by atomic mass is 16.7. The van der Waals surface area contributed by atoms with E-state index in [1.165, 1.54) is 7.11 Å². The van der Waals surface area contributed by atoms with Crippen LogP contribution in [0.2, 0.25) is 0 Å². The van der Waals surface area contributed by atoms with E-state index in [1.54, 1.807) is 12.2 Å². The summed E-state index contributed by atoms with van der Waals surface area (Å²) in [5, 5.41) is 19.2. The van der Waals surface area contributed by atoms with E-state index in [2.05, 4.69) is 0 Å². The molecule has 1 heterocycles. The summed E-state index contributed by atoms with van der Waals surface area (Å²) in [5.74, 6) is 0. The summed E-state index contributed by atoms with van der Waals surface area (Å²) in [4.78, 5) is 0. The number of ether oxygens (including phenoxy) is 2. The number of hydrogen-bond acceptors (Lipinski definition) is 4. The molecule has 2 rings (SSSR count). The Morgan fingerprint density at radius 2 is 2.42 bits per heavy atom.